The summed E-state index contributed by atoms with van der Waals surface area (Å²) in [7, 11) is 0. The van der Waals surface area contributed by atoms with E-state index in [0.717, 1.165) is 28.3 Å². The van der Waals surface area contributed by atoms with Crippen molar-refractivity contribution < 1.29 is 0 Å². The smallest absolute Gasteiger partial charge is 0.145 e. The highest BCUT2D eigenvalue weighted by Crippen LogP contribution is 2.27. The summed E-state index contributed by atoms with van der Waals surface area (Å²) in [5.74, 6) is 0.895. The van der Waals surface area contributed by atoms with Crippen LogP contribution in [0.15, 0.2) is 91.1 Å². The molecule has 3 heteroatoms. The molecule has 0 aliphatic rings. The van der Waals surface area contributed by atoms with Crippen LogP contribution in [0.5, 0.6) is 0 Å². The van der Waals surface area contributed by atoms with E-state index in [9.17, 15) is 0 Å². The van der Waals surface area contributed by atoms with Gasteiger partial charge in [0.25, 0.3) is 0 Å². The van der Waals surface area contributed by atoms with Crippen molar-refractivity contribution in [2.24, 2.45) is 0 Å². The van der Waals surface area contributed by atoms with Crippen molar-refractivity contribution in [1.29, 1.82) is 5.26 Å². The summed E-state index contributed by atoms with van der Waals surface area (Å²) in [5.41, 5.74) is 4.65. The highest BCUT2D eigenvalue weighted by atomic mass is 15.1. The van der Waals surface area contributed by atoms with Crippen LogP contribution in [0, 0.1) is 11.3 Å². The molecule has 118 valence electrons. The average molecular weight is 321 g/mol. The number of nitriles is 1. The minimum absolute atomic E-state index is 0.648. The van der Waals surface area contributed by atoms with Crippen LogP contribution in [-0.4, -0.2) is 9.55 Å². The van der Waals surface area contributed by atoms with E-state index in [1.54, 1.807) is 0 Å². The molecule has 0 unspecified atom stereocenters. The lowest BCUT2D eigenvalue weighted by atomic mass is 10.1. The highest BCUT2D eigenvalue weighted by molar-refractivity contribution is 5.67. The molecule has 3 nitrogen and oxygen atoms in total. The van der Waals surface area contributed by atoms with Crippen LogP contribution < -0.4 is 0 Å². The topological polar surface area (TPSA) is 41.6 Å². The number of para-hydroxylation sites is 1. The first kappa shape index (κ1) is 14.9. The fraction of sp³-hybridized carbons (Fsp3) is 0. The van der Waals surface area contributed by atoms with E-state index >= 15 is 0 Å². The number of benzene rings is 3. The Morgan fingerprint density at radius 3 is 2.00 bits per heavy atom. The Morgan fingerprint density at radius 1 is 0.720 bits per heavy atom. The third-order valence-electron chi connectivity index (χ3n) is 4.08. The lowest BCUT2D eigenvalue weighted by Gasteiger charge is -2.07. The molecule has 0 amide bonds. The quantitative estimate of drug-likeness (QED) is 0.528. The number of aromatic nitrogens is 2. The van der Waals surface area contributed by atoms with Crippen molar-refractivity contribution in [2.45, 2.75) is 0 Å². The van der Waals surface area contributed by atoms with E-state index in [4.69, 9.17) is 10.2 Å². The molecule has 0 bridgehead atoms. The van der Waals surface area contributed by atoms with Crippen LogP contribution in [0.2, 0.25) is 0 Å². The van der Waals surface area contributed by atoms with Crippen LogP contribution in [0.25, 0.3) is 28.3 Å². The summed E-state index contributed by atoms with van der Waals surface area (Å²) >= 11 is 0. The molecule has 1 aromatic heterocycles. The van der Waals surface area contributed by atoms with Gasteiger partial charge in [-0.2, -0.15) is 5.26 Å². The van der Waals surface area contributed by atoms with Crippen LogP contribution in [0.1, 0.15) is 5.56 Å². The predicted molar refractivity (Wildman–Crippen MR) is 99.2 cm³/mol. The van der Waals surface area contributed by atoms with Gasteiger partial charge in [-0.15, -0.1) is 0 Å². The molecule has 0 radical (unpaired) electrons. The fourth-order valence-corrected chi connectivity index (χ4v) is 2.81. The van der Waals surface area contributed by atoms with Gasteiger partial charge in [-0.3, -0.25) is 4.57 Å². The zero-order valence-corrected chi connectivity index (χ0v) is 13.5. The summed E-state index contributed by atoms with van der Waals surface area (Å²) in [6.45, 7) is 0. The van der Waals surface area contributed by atoms with Gasteiger partial charge in [0.1, 0.15) is 5.82 Å². The van der Waals surface area contributed by atoms with Crippen molar-refractivity contribution in [1.82, 2.24) is 9.55 Å². The van der Waals surface area contributed by atoms with Gasteiger partial charge in [-0.05, 0) is 24.3 Å². The first-order valence-electron chi connectivity index (χ1n) is 8.06. The van der Waals surface area contributed by atoms with Crippen molar-refractivity contribution in [3.8, 4) is 34.4 Å². The zero-order valence-electron chi connectivity index (χ0n) is 13.5. The standard InChI is InChI=1S/C22H15N3/c23-15-17-11-13-18(14-12-17)21-16-25(20-9-5-2-6-10-20)22(24-21)19-7-3-1-4-8-19/h1-14,16H. The second-order valence-electron chi connectivity index (χ2n) is 5.71. The van der Waals surface area contributed by atoms with E-state index in [-0.39, 0.29) is 0 Å². The van der Waals surface area contributed by atoms with Gasteiger partial charge in [-0.1, -0.05) is 60.7 Å². The van der Waals surface area contributed by atoms with E-state index in [1.807, 2.05) is 66.9 Å². The maximum atomic E-state index is 8.97. The van der Waals surface area contributed by atoms with E-state index in [2.05, 4.69) is 34.9 Å². The first-order valence-corrected chi connectivity index (χ1v) is 8.06. The number of imidazole rings is 1. The van der Waals surface area contributed by atoms with Crippen LogP contribution >= 0.6 is 0 Å². The zero-order chi connectivity index (χ0) is 17.1. The van der Waals surface area contributed by atoms with Gasteiger partial charge < -0.3 is 0 Å². The van der Waals surface area contributed by atoms with Gasteiger partial charge in [0.2, 0.25) is 0 Å². The van der Waals surface area contributed by atoms with Crippen molar-refractivity contribution in [3.63, 3.8) is 0 Å². The van der Waals surface area contributed by atoms with Gasteiger partial charge in [0, 0.05) is 23.0 Å². The number of rotatable bonds is 3. The second-order valence-corrected chi connectivity index (χ2v) is 5.71. The van der Waals surface area contributed by atoms with E-state index in [0.29, 0.717) is 5.56 Å². The summed E-state index contributed by atoms with van der Waals surface area (Å²) < 4.78 is 2.10. The monoisotopic (exact) mass is 321 g/mol. The largest absolute Gasteiger partial charge is 0.299 e. The summed E-state index contributed by atoms with van der Waals surface area (Å²) in [5, 5.41) is 8.97. The predicted octanol–water partition coefficient (Wildman–Crippen LogP) is 5.08. The summed E-state index contributed by atoms with van der Waals surface area (Å²) in [4.78, 5) is 4.86. The SMILES string of the molecule is N#Cc1ccc(-c2cn(-c3ccccc3)c(-c3ccccc3)n2)cc1. The van der Waals surface area contributed by atoms with Gasteiger partial charge in [0.05, 0.1) is 17.3 Å². The van der Waals surface area contributed by atoms with E-state index < -0.39 is 0 Å². The second kappa shape index (κ2) is 6.46. The third kappa shape index (κ3) is 2.93. The molecule has 0 atom stereocenters. The summed E-state index contributed by atoms with van der Waals surface area (Å²) in [6.07, 6.45) is 2.04. The number of hydrogen-bond donors (Lipinski definition) is 0. The molecule has 0 aliphatic heterocycles. The lowest BCUT2D eigenvalue weighted by Crippen LogP contribution is -1.95. The lowest BCUT2D eigenvalue weighted by molar-refractivity contribution is 1.07. The number of nitrogens with zero attached hydrogens (tertiary/aromatic N) is 3. The Bertz CT molecular complexity index is 967. The van der Waals surface area contributed by atoms with E-state index in [1.165, 1.54) is 0 Å². The van der Waals surface area contributed by atoms with Gasteiger partial charge >= 0.3 is 0 Å². The third-order valence-corrected chi connectivity index (χ3v) is 4.08. The van der Waals surface area contributed by atoms with Crippen molar-refractivity contribution >= 4 is 0 Å². The molecular formula is C22H15N3. The van der Waals surface area contributed by atoms with Gasteiger partial charge in [-0.25, -0.2) is 4.98 Å². The Labute approximate surface area is 146 Å². The molecule has 0 N–H and O–H groups in total. The van der Waals surface area contributed by atoms with Crippen LogP contribution in [-0.2, 0) is 0 Å². The Morgan fingerprint density at radius 2 is 1.36 bits per heavy atom. The Hall–Kier alpha value is -3.64. The summed E-state index contributed by atoms with van der Waals surface area (Å²) in [6, 6.07) is 30.0. The minimum Gasteiger partial charge on any atom is -0.299 e. The molecule has 0 fully saturated rings. The highest BCUT2D eigenvalue weighted by Gasteiger charge is 2.12. The molecule has 0 aliphatic carbocycles. The van der Waals surface area contributed by atoms with Crippen molar-refractivity contribution in [3.05, 3.63) is 96.7 Å². The Kier molecular flexibility index (Phi) is 3.86. The number of hydrogen-bond acceptors (Lipinski definition) is 2. The maximum absolute atomic E-state index is 8.97. The van der Waals surface area contributed by atoms with Crippen LogP contribution in [0.4, 0.5) is 0 Å². The normalized spacial score (nSPS) is 10.4. The molecule has 25 heavy (non-hydrogen) atoms. The van der Waals surface area contributed by atoms with Gasteiger partial charge in [0.15, 0.2) is 0 Å². The van der Waals surface area contributed by atoms with Crippen molar-refractivity contribution in [2.75, 3.05) is 0 Å². The molecule has 4 aromatic rings. The molecule has 3 aromatic carbocycles. The average Bonchev–Trinajstić information content (AvgIpc) is 3.15. The maximum Gasteiger partial charge on any atom is 0.145 e. The molecular weight excluding hydrogens is 306 g/mol. The fourth-order valence-electron chi connectivity index (χ4n) is 2.81. The molecule has 0 spiro atoms. The molecule has 1 heterocycles. The minimum atomic E-state index is 0.648. The molecule has 0 saturated carbocycles. The van der Waals surface area contributed by atoms with Crippen LogP contribution in [0.3, 0.4) is 0 Å². The molecule has 0 saturated heterocycles. The first-order chi connectivity index (χ1) is 12.3. The molecule has 4 rings (SSSR count). The Balaban J connectivity index is 1.87.